The lowest BCUT2D eigenvalue weighted by atomic mass is 9.96. The summed E-state index contributed by atoms with van der Waals surface area (Å²) in [6, 6.07) is 0. The van der Waals surface area contributed by atoms with Crippen LogP contribution in [0.3, 0.4) is 0 Å². The van der Waals surface area contributed by atoms with E-state index in [1.807, 2.05) is 0 Å². The summed E-state index contributed by atoms with van der Waals surface area (Å²) in [5.41, 5.74) is 0. The van der Waals surface area contributed by atoms with E-state index in [-0.39, 0.29) is 13.2 Å². The molecule has 0 fully saturated rings. The average Bonchev–Trinajstić information content (AvgIpc) is 2.71. The second-order valence-corrected chi connectivity index (χ2v) is 9.82. The van der Waals surface area contributed by atoms with E-state index < -0.39 is 28.1 Å². The van der Waals surface area contributed by atoms with E-state index in [0.717, 1.165) is 77.0 Å². The van der Waals surface area contributed by atoms with Crippen molar-refractivity contribution in [2.45, 2.75) is 121 Å². The van der Waals surface area contributed by atoms with Gasteiger partial charge < -0.3 is 9.47 Å². The first-order valence-corrected chi connectivity index (χ1v) is 12.2. The van der Waals surface area contributed by atoms with Crippen LogP contribution in [0.25, 0.3) is 0 Å². The maximum atomic E-state index is 12.1. The van der Waals surface area contributed by atoms with Crippen LogP contribution in [0.2, 0.25) is 0 Å². The highest BCUT2D eigenvalue weighted by Crippen LogP contribution is 2.30. The van der Waals surface area contributed by atoms with Gasteiger partial charge in [0.1, 0.15) is 19.6 Å². The number of halogens is 2. The molecule has 0 saturated heterocycles. The predicted molar refractivity (Wildman–Crippen MR) is 122 cm³/mol. The van der Waals surface area contributed by atoms with Crippen LogP contribution in [0.1, 0.15) is 111 Å². The fraction of sp³-hybridized carbons (Fsp3) is 0.913. The molecule has 0 aromatic rings. The van der Waals surface area contributed by atoms with E-state index in [0.29, 0.717) is 0 Å². The average molecular weight is 453 g/mol. The minimum atomic E-state index is -0.588. The van der Waals surface area contributed by atoms with Gasteiger partial charge in [-0.1, -0.05) is 79.1 Å². The van der Waals surface area contributed by atoms with Gasteiger partial charge in [0.2, 0.25) is 0 Å². The van der Waals surface area contributed by atoms with Crippen LogP contribution in [-0.4, -0.2) is 34.9 Å². The summed E-state index contributed by atoms with van der Waals surface area (Å²) in [4.78, 5) is 23.1. The molecule has 0 saturated carbocycles. The predicted octanol–water partition coefficient (Wildman–Crippen LogP) is 7.18. The minimum absolute atomic E-state index is 0.132. The molecule has 0 aromatic carbocycles. The van der Waals surface area contributed by atoms with Gasteiger partial charge in [-0.25, -0.2) is 0 Å². The van der Waals surface area contributed by atoms with Gasteiger partial charge in [0.05, 0.1) is 9.75 Å². The van der Waals surface area contributed by atoms with Crippen molar-refractivity contribution in [3.05, 3.63) is 0 Å². The van der Waals surface area contributed by atoms with Crippen LogP contribution in [0.4, 0.5) is 0 Å². The van der Waals surface area contributed by atoms with Crippen molar-refractivity contribution in [2.75, 3.05) is 13.2 Å². The molecule has 0 radical (unpaired) electrons. The molecule has 29 heavy (non-hydrogen) atoms. The van der Waals surface area contributed by atoms with Crippen molar-refractivity contribution >= 4 is 35.1 Å². The first kappa shape index (κ1) is 28.5. The zero-order chi connectivity index (χ0) is 22.2. The molecular weight excluding hydrogens is 411 g/mol. The van der Waals surface area contributed by atoms with Crippen molar-refractivity contribution in [2.24, 2.45) is 0 Å². The first-order chi connectivity index (χ1) is 13.7. The fourth-order valence-corrected chi connectivity index (χ4v) is 3.80. The van der Waals surface area contributed by atoms with E-state index in [9.17, 15) is 9.59 Å². The van der Waals surface area contributed by atoms with Gasteiger partial charge in [-0.15, -0.1) is 23.2 Å². The Labute approximate surface area is 188 Å². The van der Waals surface area contributed by atoms with Gasteiger partial charge in [0.15, 0.2) is 0 Å². The molecule has 0 heterocycles. The third-order valence-electron chi connectivity index (χ3n) is 5.19. The molecule has 0 spiro atoms. The number of rotatable bonds is 18. The van der Waals surface area contributed by atoms with Crippen molar-refractivity contribution in [3.63, 3.8) is 0 Å². The summed E-state index contributed by atoms with van der Waals surface area (Å²) in [6.45, 7) is 8.70. The maximum Gasteiger partial charge on any atom is 0.317 e. The smallest absolute Gasteiger partial charge is 0.317 e. The second kappa shape index (κ2) is 16.2. The van der Waals surface area contributed by atoms with E-state index in [1.165, 1.54) is 0 Å². The Morgan fingerprint density at radius 2 is 0.897 bits per heavy atom. The van der Waals surface area contributed by atoms with Gasteiger partial charge in [-0.05, 0) is 25.7 Å². The van der Waals surface area contributed by atoms with Gasteiger partial charge >= 0.3 is 11.9 Å². The van der Waals surface area contributed by atoms with E-state index >= 15 is 0 Å². The van der Waals surface area contributed by atoms with Crippen LogP contribution in [-0.2, 0) is 19.1 Å². The standard InChI is InChI=1S/C23H42Cl2O4/c1-5-9-13-22(24,14-10-6-2)18-28-20(26)17-21(27)29-19-23(25,15-11-7-3)16-12-8-4/h5-19H2,1-4H3. The normalized spacial score (nSPS) is 12.1. The zero-order valence-corrected chi connectivity index (χ0v) is 20.5. The van der Waals surface area contributed by atoms with Crippen LogP contribution in [0.15, 0.2) is 0 Å². The van der Waals surface area contributed by atoms with Gasteiger partial charge in [-0.3, -0.25) is 9.59 Å². The fourth-order valence-electron chi connectivity index (χ4n) is 3.15. The Bertz CT molecular complexity index is 398. The molecule has 0 rings (SSSR count). The number of hydrogen-bond acceptors (Lipinski definition) is 4. The van der Waals surface area contributed by atoms with Crippen molar-refractivity contribution in [1.29, 1.82) is 0 Å². The molecule has 0 amide bonds. The SMILES string of the molecule is CCCCC(Cl)(CCCC)COC(=O)CC(=O)OCC(Cl)(CCCC)CCCC. The lowest BCUT2D eigenvalue weighted by Gasteiger charge is -2.27. The molecule has 0 atom stereocenters. The van der Waals surface area contributed by atoms with Gasteiger partial charge in [-0.2, -0.15) is 0 Å². The van der Waals surface area contributed by atoms with E-state index in [2.05, 4.69) is 27.7 Å². The highest BCUT2D eigenvalue weighted by molar-refractivity contribution is 6.24. The van der Waals surface area contributed by atoms with E-state index in [4.69, 9.17) is 32.7 Å². The number of carbonyl (C=O) groups excluding carboxylic acids is 2. The van der Waals surface area contributed by atoms with Crippen LogP contribution in [0, 0.1) is 0 Å². The molecule has 0 N–H and O–H groups in total. The van der Waals surface area contributed by atoms with Crippen LogP contribution < -0.4 is 0 Å². The molecule has 0 aliphatic carbocycles. The third-order valence-corrected chi connectivity index (χ3v) is 6.16. The molecule has 4 nitrogen and oxygen atoms in total. The van der Waals surface area contributed by atoms with Crippen LogP contribution >= 0.6 is 23.2 Å². The summed E-state index contributed by atoms with van der Waals surface area (Å²) in [7, 11) is 0. The number of hydrogen-bond donors (Lipinski definition) is 0. The maximum absolute atomic E-state index is 12.1. The van der Waals surface area contributed by atoms with Crippen molar-refractivity contribution < 1.29 is 19.1 Å². The molecule has 6 heteroatoms. The quantitative estimate of drug-likeness (QED) is 0.125. The summed E-state index contributed by atoms with van der Waals surface area (Å²) in [6.07, 6.45) is 10.9. The molecule has 172 valence electrons. The van der Waals surface area contributed by atoms with Crippen molar-refractivity contribution in [3.8, 4) is 0 Å². The Kier molecular flexibility index (Phi) is 16.0. The summed E-state index contributed by atoms with van der Waals surface area (Å²) < 4.78 is 10.7. The zero-order valence-electron chi connectivity index (χ0n) is 19.0. The Morgan fingerprint density at radius 3 is 1.14 bits per heavy atom. The molecule has 0 aromatic heterocycles. The summed E-state index contributed by atoms with van der Waals surface area (Å²) in [5.74, 6) is -1.18. The van der Waals surface area contributed by atoms with Gasteiger partial charge in [0, 0.05) is 0 Å². The number of esters is 2. The highest BCUT2D eigenvalue weighted by Gasteiger charge is 2.30. The molecule has 0 bridgehead atoms. The lowest BCUT2D eigenvalue weighted by Crippen LogP contribution is -2.32. The molecule has 0 aliphatic heterocycles. The van der Waals surface area contributed by atoms with Gasteiger partial charge in [0.25, 0.3) is 0 Å². The molecule has 0 unspecified atom stereocenters. The number of alkyl halides is 2. The van der Waals surface area contributed by atoms with Crippen LogP contribution in [0.5, 0.6) is 0 Å². The topological polar surface area (TPSA) is 52.6 Å². The van der Waals surface area contributed by atoms with Crippen molar-refractivity contribution in [1.82, 2.24) is 0 Å². The number of ether oxygens (including phenoxy) is 2. The first-order valence-electron chi connectivity index (χ1n) is 11.4. The molecule has 0 aliphatic rings. The Hall–Kier alpha value is -0.480. The Balaban J connectivity index is 4.50. The second-order valence-electron chi connectivity index (χ2n) is 8.21. The summed E-state index contributed by atoms with van der Waals surface area (Å²) in [5, 5.41) is 0. The minimum Gasteiger partial charge on any atom is -0.463 e. The summed E-state index contributed by atoms with van der Waals surface area (Å²) >= 11 is 13.4. The number of unbranched alkanes of at least 4 members (excludes halogenated alkanes) is 4. The Morgan fingerprint density at radius 1 is 0.621 bits per heavy atom. The van der Waals surface area contributed by atoms with E-state index in [1.54, 1.807) is 0 Å². The highest BCUT2D eigenvalue weighted by atomic mass is 35.5. The number of carbonyl (C=O) groups is 2. The monoisotopic (exact) mass is 452 g/mol. The molecular formula is C23H42Cl2O4. The lowest BCUT2D eigenvalue weighted by molar-refractivity contribution is -0.155. The largest absolute Gasteiger partial charge is 0.463 e. The third kappa shape index (κ3) is 14.2.